The molecule has 1 aromatic carbocycles. The second kappa shape index (κ2) is 8.50. The molecule has 24 heavy (non-hydrogen) atoms. The standard InChI is InChI=1S/C17H22FN3O3/c1-23-15-4-3-12(7-16(15)24-2)5-6-20-10-17(22)21-11-13(18)8-14(21)9-19/h3-4,7,13-14,20H,5-6,8,10-11H2,1-2H3/t13-,14-/m0/s1. The number of amides is 1. The van der Waals surface area contributed by atoms with Gasteiger partial charge in [-0.25, -0.2) is 4.39 Å². The van der Waals surface area contributed by atoms with E-state index < -0.39 is 12.2 Å². The number of ether oxygens (including phenoxy) is 2. The van der Waals surface area contributed by atoms with Crippen LogP contribution >= 0.6 is 0 Å². The number of hydrogen-bond donors (Lipinski definition) is 1. The molecule has 0 aliphatic carbocycles. The van der Waals surface area contributed by atoms with Crippen molar-refractivity contribution in [1.29, 1.82) is 5.26 Å². The van der Waals surface area contributed by atoms with Crippen molar-refractivity contribution in [3.63, 3.8) is 0 Å². The lowest BCUT2D eigenvalue weighted by atomic mass is 10.1. The summed E-state index contributed by atoms with van der Waals surface area (Å²) in [4.78, 5) is 13.4. The van der Waals surface area contributed by atoms with E-state index in [9.17, 15) is 9.18 Å². The van der Waals surface area contributed by atoms with Gasteiger partial charge in [0, 0.05) is 6.42 Å². The second-order valence-electron chi connectivity index (χ2n) is 5.64. The third kappa shape index (κ3) is 4.36. The third-order valence-corrected chi connectivity index (χ3v) is 4.03. The average Bonchev–Trinajstić information content (AvgIpc) is 2.99. The van der Waals surface area contributed by atoms with E-state index in [1.807, 2.05) is 24.3 Å². The molecular formula is C17H22FN3O3. The summed E-state index contributed by atoms with van der Waals surface area (Å²) in [5, 5.41) is 12.0. The lowest BCUT2D eigenvalue weighted by molar-refractivity contribution is -0.130. The quantitative estimate of drug-likeness (QED) is 0.760. The maximum atomic E-state index is 13.3. The number of hydrogen-bond acceptors (Lipinski definition) is 5. The van der Waals surface area contributed by atoms with Gasteiger partial charge < -0.3 is 19.7 Å². The number of carbonyl (C=O) groups is 1. The van der Waals surface area contributed by atoms with Crippen LogP contribution in [0.15, 0.2) is 18.2 Å². The highest BCUT2D eigenvalue weighted by Crippen LogP contribution is 2.27. The molecule has 1 aromatic rings. The Labute approximate surface area is 141 Å². The molecule has 0 spiro atoms. The van der Waals surface area contributed by atoms with Crippen LogP contribution in [0.3, 0.4) is 0 Å². The Morgan fingerprint density at radius 1 is 1.42 bits per heavy atom. The Balaban J connectivity index is 1.79. The van der Waals surface area contributed by atoms with E-state index in [4.69, 9.17) is 14.7 Å². The molecule has 1 aliphatic rings. The zero-order valence-corrected chi connectivity index (χ0v) is 13.9. The van der Waals surface area contributed by atoms with E-state index in [-0.39, 0.29) is 25.4 Å². The molecule has 130 valence electrons. The van der Waals surface area contributed by atoms with E-state index in [0.29, 0.717) is 24.5 Å². The summed E-state index contributed by atoms with van der Waals surface area (Å²) < 4.78 is 23.8. The highest BCUT2D eigenvalue weighted by atomic mass is 19.1. The van der Waals surface area contributed by atoms with E-state index in [0.717, 1.165) is 5.56 Å². The Morgan fingerprint density at radius 2 is 2.17 bits per heavy atom. The molecule has 0 bridgehead atoms. The Kier molecular flexibility index (Phi) is 6.38. The van der Waals surface area contributed by atoms with Crippen LogP contribution in [0.2, 0.25) is 0 Å². The number of nitrogens with zero attached hydrogens (tertiary/aromatic N) is 2. The number of alkyl halides is 1. The van der Waals surface area contributed by atoms with Crippen molar-refractivity contribution in [2.45, 2.75) is 25.1 Å². The zero-order chi connectivity index (χ0) is 17.5. The van der Waals surface area contributed by atoms with Crippen molar-refractivity contribution in [3.8, 4) is 17.6 Å². The van der Waals surface area contributed by atoms with Crippen molar-refractivity contribution in [3.05, 3.63) is 23.8 Å². The first-order valence-corrected chi connectivity index (χ1v) is 7.83. The molecule has 2 rings (SSSR count). The van der Waals surface area contributed by atoms with Crippen molar-refractivity contribution < 1.29 is 18.7 Å². The number of nitrogens with one attached hydrogen (secondary N) is 1. The minimum atomic E-state index is -1.11. The summed E-state index contributed by atoms with van der Waals surface area (Å²) in [5.41, 5.74) is 1.05. The maximum Gasteiger partial charge on any atom is 0.237 e. The van der Waals surface area contributed by atoms with Gasteiger partial charge in [0.25, 0.3) is 0 Å². The Hall–Kier alpha value is -2.33. The van der Waals surface area contributed by atoms with Gasteiger partial charge in [-0.1, -0.05) is 6.07 Å². The van der Waals surface area contributed by atoms with Crippen LogP contribution in [0.4, 0.5) is 4.39 Å². The van der Waals surface area contributed by atoms with Gasteiger partial charge in [0.2, 0.25) is 5.91 Å². The minimum Gasteiger partial charge on any atom is -0.493 e. The molecule has 6 nitrogen and oxygen atoms in total. The predicted octanol–water partition coefficient (Wildman–Crippen LogP) is 1.30. The molecule has 0 radical (unpaired) electrons. The summed E-state index contributed by atoms with van der Waals surface area (Å²) >= 11 is 0. The van der Waals surface area contributed by atoms with E-state index >= 15 is 0 Å². The highest BCUT2D eigenvalue weighted by molar-refractivity contribution is 5.79. The van der Waals surface area contributed by atoms with Gasteiger partial charge in [-0.3, -0.25) is 4.79 Å². The molecular weight excluding hydrogens is 313 g/mol. The zero-order valence-electron chi connectivity index (χ0n) is 13.9. The van der Waals surface area contributed by atoms with Crippen molar-refractivity contribution >= 4 is 5.91 Å². The number of halogens is 1. The fourth-order valence-corrected chi connectivity index (χ4v) is 2.75. The van der Waals surface area contributed by atoms with E-state index in [1.165, 1.54) is 4.90 Å². The predicted molar refractivity (Wildman–Crippen MR) is 86.7 cm³/mol. The largest absolute Gasteiger partial charge is 0.493 e. The first-order valence-electron chi connectivity index (χ1n) is 7.83. The normalized spacial score (nSPS) is 19.8. The van der Waals surface area contributed by atoms with Crippen LogP contribution in [0.1, 0.15) is 12.0 Å². The Morgan fingerprint density at radius 3 is 2.83 bits per heavy atom. The van der Waals surface area contributed by atoms with E-state index in [2.05, 4.69) is 5.32 Å². The summed E-state index contributed by atoms with van der Waals surface area (Å²) in [5.74, 6) is 1.09. The lowest BCUT2D eigenvalue weighted by Crippen LogP contribution is -2.41. The highest BCUT2D eigenvalue weighted by Gasteiger charge is 2.34. The van der Waals surface area contributed by atoms with Crippen LogP contribution < -0.4 is 14.8 Å². The number of carbonyl (C=O) groups excluding carboxylic acids is 1. The maximum absolute atomic E-state index is 13.3. The van der Waals surface area contributed by atoms with Gasteiger partial charge in [-0.2, -0.15) is 5.26 Å². The average molecular weight is 335 g/mol. The molecule has 1 saturated heterocycles. The summed E-state index contributed by atoms with van der Waals surface area (Å²) in [6.07, 6.45) is -0.292. The molecule has 1 N–H and O–H groups in total. The van der Waals surface area contributed by atoms with Gasteiger partial charge in [0.05, 0.1) is 33.4 Å². The number of benzene rings is 1. The van der Waals surface area contributed by atoms with Gasteiger partial charge in [0.15, 0.2) is 11.5 Å². The van der Waals surface area contributed by atoms with Crippen molar-refractivity contribution in [1.82, 2.24) is 10.2 Å². The van der Waals surface area contributed by atoms with Gasteiger partial charge >= 0.3 is 0 Å². The van der Waals surface area contributed by atoms with Gasteiger partial charge in [0.1, 0.15) is 12.2 Å². The lowest BCUT2D eigenvalue weighted by Gasteiger charge is -2.19. The number of likely N-dealkylation sites (tertiary alicyclic amines) is 1. The Bertz CT molecular complexity index is 618. The van der Waals surface area contributed by atoms with Gasteiger partial charge in [-0.05, 0) is 30.7 Å². The molecule has 7 heteroatoms. The molecule has 0 saturated carbocycles. The molecule has 1 fully saturated rings. The SMILES string of the molecule is COc1ccc(CCNCC(=O)N2C[C@@H](F)C[C@H]2C#N)cc1OC. The van der Waals surface area contributed by atoms with Crippen LogP contribution in [0.25, 0.3) is 0 Å². The third-order valence-electron chi connectivity index (χ3n) is 4.03. The van der Waals surface area contributed by atoms with Crippen LogP contribution in [0.5, 0.6) is 11.5 Å². The van der Waals surface area contributed by atoms with Crippen LogP contribution in [-0.4, -0.2) is 56.9 Å². The van der Waals surface area contributed by atoms with E-state index in [1.54, 1.807) is 14.2 Å². The van der Waals surface area contributed by atoms with Crippen LogP contribution in [0, 0.1) is 11.3 Å². The topological polar surface area (TPSA) is 74.6 Å². The summed E-state index contributed by atoms with van der Waals surface area (Å²) in [6, 6.07) is 6.99. The summed E-state index contributed by atoms with van der Waals surface area (Å²) in [6.45, 7) is 0.692. The number of methoxy groups -OCH3 is 2. The van der Waals surface area contributed by atoms with Gasteiger partial charge in [-0.15, -0.1) is 0 Å². The summed E-state index contributed by atoms with van der Waals surface area (Å²) in [7, 11) is 3.16. The van der Waals surface area contributed by atoms with Crippen molar-refractivity contribution in [2.75, 3.05) is 33.9 Å². The minimum absolute atomic E-state index is 0.00835. The van der Waals surface area contributed by atoms with Crippen molar-refractivity contribution in [2.24, 2.45) is 0 Å². The first-order chi connectivity index (χ1) is 11.6. The second-order valence-corrected chi connectivity index (χ2v) is 5.64. The molecule has 1 amide bonds. The molecule has 0 aromatic heterocycles. The fourth-order valence-electron chi connectivity index (χ4n) is 2.75. The monoisotopic (exact) mass is 335 g/mol. The van der Waals surface area contributed by atoms with Crippen LogP contribution in [-0.2, 0) is 11.2 Å². The number of nitriles is 1. The molecule has 2 atom stereocenters. The molecule has 1 heterocycles. The fraction of sp³-hybridized carbons (Fsp3) is 0.529. The molecule has 1 aliphatic heterocycles. The number of rotatable bonds is 7. The molecule has 0 unspecified atom stereocenters. The smallest absolute Gasteiger partial charge is 0.237 e. The first kappa shape index (κ1) is 18.0.